The van der Waals surface area contributed by atoms with Gasteiger partial charge in [0.2, 0.25) is 5.89 Å². The first kappa shape index (κ1) is 22.4. The molecule has 166 valence electrons. The molecule has 0 bridgehead atoms. The monoisotopic (exact) mass is 467 g/mol. The number of nitrogens with zero attached hydrogens (tertiary/aromatic N) is 3. The van der Waals surface area contributed by atoms with Gasteiger partial charge in [-0.25, -0.2) is 0 Å². The van der Waals surface area contributed by atoms with Crippen LogP contribution in [0, 0.1) is 13.8 Å². The molecule has 0 saturated heterocycles. The summed E-state index contributed by atoms with van der Waals surface area (Å²) in [5.41, 5.74) is 3.93. The predicted octanol–water partition coefficient (Wildman–Crippen LogP) is 5.37. The van der Waals surface area contributed by atoms with E-state index in [1.807, 2.05) is 37.3 Å². The molecule has 1 aromatic carbocycles. The van der Waals surface area contributed by atoms with Crippen LogP contribution in [0.15, 0.2) is 57.5 Å². The van der Waals surface area contributed by atoms with E-state index in [-0.39, 0.29) is 11.5 Å². The molecule has 0 spiro atoms. The third-order valence-electron chi connectivity index (χ3n) is 5.33. The molecule has 4 rings (SSSR count). The molecule has 0 aliphatic rings. The van der Waals surface area contributed by atoms with E-state index in [0.29, 0.717) is 17.5 Å². The molecule has 0 fully saturated rings. The summed E-state index contributed by atoms with van der Waals surface area (Å²) in [6.07, 6.45) is 1.51. The maximum absolute atomic E-state index is 12.9. The second-order valence-electron chi connectivity index (χ2n) is 7.46. The highest BCUT2D eigenvalue weighted by molar-refractivity contribution is 7.99. The van der Waals surface area contributed by atoms with Gasteiger partial charge in [0.05, 0.1) is 19.3 Å². The Bertz CT molecular complexity index is 1180. The number of hydrogen-bond donors (Lipinski definition) is 0. The number of thioether (sulfide) groups is 1. The van der Waals surface area contributed by atoms with Gasteiger partial charge in [-0.3, -0.25) is 4.79 Å². The molecular formula is C24H25N3O3S2. The van der Waals surface area contributed by atoms with Crippen molar-refractivity contribution in [1.29, 1.82) is 0 Å². The van der Waals surface area contributed by atoms with Gasteiger partial charge in [0.1, 0.15) is 5.75 Å². The maximum atomic E-state index is 12.9. The lowest BCUT2D eigenvalue weighted by Crippen LogP contribution is -2.08. The molecule has 4 aromatic rings. The number of methoxy groups -OCH3 is 1. The Labute approximate surface area is 195 Å². The first-order valence-corrected chi connectivity index (χ1v) is 12.2. The van der Waals surface area contributed by atoms with Gasteiger partial charge in [-0.15, -0.1) is 21.5 Å². The van der Waals surface area contributed by atoms with E-state index in [1.54, 1.807) is 18.4 Å². The largest absolute Gasteiger partial charge is 0.497 e. The lowest BCUT2D eigenvalue weighted by Gasteiger charge is -2.09. The minimum atomic E-state index is 0.0698. The van der Waals surface area contributed by atoms with E-state index in [9.17, 15) is 4.79 Å². The number of thiophene rings is 1. The number of aromatic nitrogens is 3. The molecule has 0 aliphatic carbocycles. The van der Waals surface area contributed by atoms with Crippen LogP contribution < -0.4 is 4.74 Å². The van der Waals surface area contributed by atoms with Gasteiger partial charge >= 0.3 is 0 Å². The van der Waals surface area contributed by atoms with Crippen LogP contribution in [0.5, 0.6) is 5.75 Å². The molecule has 8 heteroatoms. The number of hydrogen-bond acceptors (Lipinski definition) is 7. The first-order chi connectivity index (χ1) is 15.5. The highest BCUT2D eigenvalue weighted by Crippen LogP contribution is 2.23. The summed E-state index contributed by atoms with van der Waals surface area (Å²) >= 11 is 3.04. The summed E-state index contributed by atoms with van der Waals surface area (Å²) < 4.78 is 13.1. The van der Waals surface area contributed by atoms with Crippen LogP contribution in [0.1, 0.15) is 38.1 Å². The molecule has 0 N–H and O–H groups in total. The smallest absolute Gasteiger partial charge is 0.277 e. The second-order valence-corrected chi connectivity index (χ2v) is 9.42. The number of aryl methyl sites for hydroxylation is 2. The average molecular weight is 468 g/mol. The fraction of sp³-hybridized carbons (Fsp3) is 0.292. The third-order valence-corrected chi connectivity index (χ3v) is 7.08. The van der Waals surface area contributed by atoms with Crippen molar-refractivity contribution in [1.82, 2.24) is 14.8 Å². The minimum Gasteiger partial charge on any atom is -0.497 e. The zero-order valence-corrected chi connectivity index (χ0v) is 20.0. The van der Waals surface area contributed by atoms with Crippen LogP contribution in [0.2, 0.25) is 0 Å². The van der Waals surface area contributed by atoms with Crippen molar-refractivity contribution in [2.75, 3.05) is 12.9 Å². The normalized spacial score (nSPS) is 11.1. The van der Waals surface area contributed by atoms with Gasteiger partial charge in [-0.2, -0.15) is 0 Å². The number of Topliss-reactive ketones (excluding diaryl/α,β-unsaturated/α-hetero) is 1. The highest BCUT2D eigenvalue weighted by Gasteiger charge is 2.17. The van der Waals surface area contributed by atoms with Crippen molar-refractivity contribution in [2.45, 2.75) is 38.5 Å². The molecule has 0 unspecified atom stereocenters. The molecule has 3 heterocycles. The third kappa shape index (κ3) is 5.31. The predicted molar refractivity (Wildman–Crippen MR) is 127 cm³/mol. The van der Waals surface area contributed by atoms with Crippen molar-refractivity contribution in [3.05, 3.63) is 81.1 Å². The van der Waals surface area contributed by atoms with Crippen molar-refractivity contribution in [2.24, 2.45) is 0 Å². The number of carbonyl (C=O) groups excluding carboxylic acids is 1. The molecule has 0 atom stereocenters. The van der Waals surface area contributed by atoms with Gasteiger partial charge in [0.25, 0.3) is 5.22 Å². The average Bonchev–Trinajstić information content (AvgIpc) is 3.53. The number of ketones is 1. The molecular weight excluding hydrogens is 442 g/mol. The lowest BCUT2D eigenvalue weighted by molar-refractivity contribution is 0.102. The van der Waals surface area contributed by atoms with Crippen LogP contribution in [0.25, 0.3) is 0 Å². The van der Waals surface area contributed by atoms with Crippen molar-refractivity contribution in [3.8, 4) is 5.75 Å². The van der Waals surface area contributed by atoms with Crippen LogP contribution >= 0.6 is 23.1 Å². The Morgan fingerprint density at radius 3 is 2.72 bits per heavy atom. The number of rotatable bonds is 10. The highest BCUT2D eigenvalue weighted by atomic mass is 32.2. The van der Waals surface area contributed by atoms with Gasteiger partial charge < -0.3 is 13.7 Å². The Morgan fingerprint density at radius 2 is 2.00 bits per heavy atom. The van der Waals surface area contributed by atoms with Crippen molar-refractivity contribution in [3.63, 3.8) is 0 Å². The Hall–Kier alpha value is -2.84. The van der Waals surface area contributed by atoms with E-state index >= 15 is 0 Å². The van der Waals surface area contributed by atoms with E-state index in [2.05, 4.69) is 39.2 Å². The number of ether oxygens (including phenoxy) is 1. The van der Waals surface area contributed by atoms with E-state index in [4.69, 9.17) is 9.15 Å². The summed E-state index contributed by atoms with van der Waals surface area (Å²) in [5, 5.41) is 10.7. The van der Waals surface area contributed by atoms with Gasteiger partial charge in [-0.05, 0) is 55.5 Å². The minimum absolute atomic E-state index is 0.0698. The number of benzene rings is 1. The fourth-order valence-corrected chi connectivity index (χ4v) is 4.96. The maximum Gasteiger partial charge on any atom is 0.277 e. The second kappa shape index (κ2) is 10.2. The van der Waals surface area contributed by atoms with Crippen molar-refractivity contribution >= 4 is 28.9 Å². The van der Waals surface area contributed by atoms with Crippen LogP contribution in [0.4, 0.5) is 0 Å². The molecule has 0 amide bonds. The van der Waals surface area contributed by atoms with Crippen LogP contribution in [-0.2, 0) is 19.4 Å². The first-order valence-electron chi connectivity index (χ1n) is 10.3. The zero-order valence-electron chi connectivity index (χ0n) is 18.3. The van der Waals surface area contributed by atoms with Crippen molar-refractivity contribution < 1.29 is 13.9 Å². The fourth-order valence-electron chi connectivity index (χ4n) is 3.60. The lowest BCUT2D eigenvalue weighted by atomic mass is 10.1. The standard InChI is InChI=1S/C24H25N3O3S2/c1-16-13-21(17(2)27(16)11-10-20-5-4-12-31-20)22(28)15-32-24-26-25-23(30-24)14-18-6-8-19(29-3)9-7-18/h4-9,12-13H,10-11,14-15H2,1-3H3. The van der Waals surface area contributed by atoms with E-state index in [1.165, 1.54) is 16.6 Å². The molecule has 0 aliphatic heterocycles. The summed E-state index contributed by atoms with van der Waals surface area (Å²) in [6.45, 7) is 4.94. The topological polar surface area (TPSA) is 70.2 Å². The Balaban J connectivity index is 1.34. The van der Waals surface area contributed by atoms with E-state index < -0.39 is 0 Å². The molecule has 32 heavy (non-hydrogen) atoms. The summed E-state index contributed by atoms with van der Waals surface area (Å²) in [6, 6.07) is 13.9. The molecule has 0 radical (unpaired) electrons. The number of carbonyl (C=O) groups is 1. The molecule has 6 nitrogen and oxygen atoms in total. The SMILES string of the molecule is COc1ccc(Cc2nnc(SCC(=O)c3cc(C)n(CCc4cccs4)c3C)o2)cc1. The van der Waals surface area contributed by atoms with Crippen LogP contribution in [-0.4, -0.2) is 33.4 Å². The Kier molecular flexibility index (Phi) is 7.12. The summed E-state index contributed by atoms with van der Waals surface area (Å²) in [7, 11) is 1.64. The Morgan fingerprint density at radius 1 is 1.19 bits per heavy atom. The quantitative estimate of drug-likeness (QED) is 0.231. The molecule has 3 aromatic heterocycles. The van der Waals surface area contributed by atoms with Crippen LogP contribution in [0.3, 0.4) is 0 Å². The van der Waals surface area contributed by atoms with Gasteiger partial charge in [0, 0.05) is 28.4 Å². The summed E-state index contributed by atoms with van der Waals surface area (Å²) in [5.74, 6) is 1.66. The van der Waals surface area contributed by atoms with Gasteiger partial charge in [0.15, 0.2) is 5.78 Å². The van der Waals surface area contributed by atoms with E-state index in [0.717, 1.165) is 41.2 Å². The summed E-state index contributed by atoms with van der Waals surface area (Å²) in [4.78, 5) is 14.2. The zero-order chi connectivity index (χ0) is 22.5. The molecule has 0 saturated carbocycles. The van der Waals surface area contributed by atoms with Gasteiger partial charge in [-0.1, -0.05) is 30.0 Å².